The molecule has 2 fully saturated rings. The van der Waals surface area contributed by atoms with E-state index in [9.17, 15) is 4.79 Å². The molecule has 3 rings (SSSR count). The Bertz CT molecular complexity index is 422. The van der Waals surface area contributed by atoms with Gasteiger partial charge in [-0.25, -0.2) is 4.98 Å². The van der Waals surface area contributed by atoms with Gasteiger partial charge in [0, 0.05) is 22.9 Å². The van der Waals surface area contributed by atoms with Gasteiger partial charge < -0.3 is 10.0 Å². The molecule has 1 aliphatic heterocycles. The Hall–Kier alpha value is -0.850. The molecule has 1 saturated carbocycles. The molecule has 0 radical (unpaired) electrons. The highest BCUT2D eigenvalue weighted by Crippen LogP contribution is 2.52. The smallest absolute Gasteiger partial charge is 0.307 e. The molecule has 0 aromatic carbocycles. The Morgan fingerprint density at radius 1 is 1.44 bits per heavy atom. The molecule has 5 heteroatoms. The number of fused-ring (bicyclic) bond motifs is 1. The lowest BCUT2D eigenvalue weighted by Crippen LogP contribution is -2.26. The first-order chi connectivity index (χ1) is 7.66. The zero-order valence-electron chi connectivity index (χ0n) is 8.51. The molecule has 0 amide bonds. The first-order valence-corrected chi connectivity index (χ1v) is 6.34. The number of rotatable bonds is 2. The van der Waals surface area contributed by atoms with Crippen LogP contribution in [0.5, 0.6) is 0 Å². The number of pyridine rings is 1. The number of aliphatic carboxylic acids is 1. The van der Waals surface area contributed by atoms with Gasteiger partial charge in [0.25, 0.3) is 0 Å². The highest BCUT2D eigenvalue weighted by Gasteiger charge is 2.59. The third-order valence-corrected chi connectivity index (χ3v) is 4.15. The van der Waals surface area contributed by atoms with Gasteiger partial charge in [-0.05, 0) is 46.6 Å². The van der Waals surface area contributed by atoms with Crippen LogP contribution in [0.3, 0.4) is 0 Å². The van der Waals surface area contributed by atoms with Crippen molar-refractivity contribution in [2.75, 3.05) is 18.0 Å². The molecular formula is C11H11IN2O2. The minimum atomic E-state index is -0.634. The molecule has 0 bridgehead atoms. The molecule has 2 aliphatic rings. The molecule has 1 aliphatic carbocycles. The summed E-state index contributed by atoms with van der Waals surface area (Å²) in [4.78, 5) is 17.4. The van der Waals surface area contributed by atoms with Crippen LogP contribution in [0.4, 0.5) is 5.82 Å². The minimum absolute atomic E-state index is 0.0971. The molecule has 0 spiro atoms. The van der Waals surface area contributed by atoms with Crippen molar-refractivity contribution >= 4 is 34.4 Å². The fraction of sp³-hybridized carbons (Fsp3) is 0.455. The van der Waals surface area contributed by atoms with Crippen LogP contribution in [0.15, 0.2) is 18.3 Å². The molecule has 1 aromatic rings. The van der Waals surface area contributed by atoms with Crippen molar-refractivity contribution in [2.24, 2.45) is 17.8 Å². The van der Waals surface area contributed by atoms with E-state index in [2.05, 4.69) is 32.5 Å². The Morgan fingerprint density at radius 3 is 2.62 bits per heavy atom. The van der Waals surface area contributed by atoms with Gasteiger partial charge in [0.1, 0.15) is 5.82 Å². The maximum absolute atomic E-state index is 10.8. The van der Waals surface area contributed by atoms with Crippen molar-refractivity contribution < 1.29 is 9.90 Å². The van der Waals surface area contributed by atoms with Gasteiger partial charge >= 0.3 is 5.97 Å². The maximum Gasteiger partial charge on any atom is 0.307 e. The largest absolute Gasteiger partial charge is 0.481 e. The minimum Gasteiger partial charge on any atom is -0.481 e. The van der Waals surface area contributed by atoms with Gasteiger partial charge in [-0.3, -0.25) is 4.79 Å². The molecule has 1 aromatic heterocycles. The molecule has 3 atom stereocenters. The number of carboxylic acid groups (broad SMARTS) is 1. The Morgan fingerprint density at radius 2 is 2.12 bits per heavy atom. The number of hydrogen-bond donors (Lipinski definition) is 1. The molecule has 0 unspecified atom stereocenters. The van der Waals surface area contributed by atoms with Gasteiger partial charge in [0.2, 0.25) is 0 Å². The third kappa shape index (κ3) is 1.57. The summed E-state index contributed by atoms with van der Waals surface area (Å²) in [6.45, 7) is 1.68. The number of piperidine rings is 1. The summed E-state index contributed by atoms with van der Waals surface area (Å²) in [7, 11) is 0. The van der Waals surface area contributed by atoms with Crippen LogP contribution in [-0.2, 0) is 4.79 Å². The first kappa shape index (κ1) is 10.3. The monoisotopic (exact) mass is 330 g/mol. The van der Waals surface area contributed by atoms with E-state index in [0.717, 1.165) is 22.5 Å². The summed E-state index contributed by atoms with van der Waals surface area (Å²) in [5.74, 6) is 0.930. The van der Waals surface area contributed by atoms with Crippen LogP contribution in [0.1, 0.15) is 0 Å². The SMILES string of the molecule is O=C(O)[C@@H]1[C@@H]2CN(c3ccc(I)cn3)C[C@@H]21. The molecular weight excluding hydrogens is 319 g/mol. The summed E-state index contributed by atoms with van der Waals surface area (Å²) in [5.41, 5.74) is 0. The van der Waals surface area contributed by atoms with E-state index in [1.807, 2.05) is 18.3 Å². The van der Waals surface area contributed by atoms with Gasteiger partial charge in [-0.1, -0.05) is 0 Å². The van der Waals surface area contributed by atoms with Crippen molar-refractivity contribution in [3.05, 3.63) is 21.9 Å². The molecule has 4 nitrogen and oxygen atoms in total. The van der Waals surface area contributed by atoms with E-state index in [1.165, 1.54) is 0 Å². The van der Waals surface area contributed by atoms with Crippen molar-refractivity contribution in [1.82, 2.24) is 4.98 Å². The average molecular weight is 330 g/mol. The molecule has 2 heterocycles. The summed E-state index contributed by atoms with van der Waals surface area (Å²) in [6, 6.07) is 4.03. The van der Waals surface area contributed by atoms with Crippen LogP contribution < -0.4 is 4.90 Å². The fourth-order valence-corrected chi connectivity index (χ4v) is 2.95. The topological polar surface area (TPSA) is 53.4 Å². The number of halogens is 1. The van der Waals surface area contributed by atoms with Gasteiger partial charge in [0.05, 0.1) is 5.92 Å². The standard InChI is InChI=1S/C11H11IN2O2/c12-6-1-2-9(13-3-6)14-4-7-8(5-14)10(7)11(15)16/h1-3,7-8,10H,4-5H2,(H,15,16)/t7-,8+,10-. The van der Waals surface area contributed by atoms with Crippen molar-refractivity contribution in [2.45, 2.75) is 0 Å². The van der Waals surface area contributed by atoms with E-state index in [0.29, 0.717) is 11.8 Å². The molecule has 16 heavy (non-hydrogen) atoms. The number of nitrogens with zero attached hydrogens (tertiary/aromatic N) is 2. The fourth-order valence-electron chi connectivity index (χ4n) is 2.63. The zero-order chi connectivity index (χ0) is 11.3. The lowest BCUT2D eigenvalue weighted by atomic mass is 10.2. The highest BCUT2D eigenvalue weighted by atomic mass is 127. The summed E-state index contributed by atoms with van der Waals surface area (Å²) < 4.78 is 1.12. The lowest BCUT2D eigenvalue weighted by Gasteiger charge is -2.19. The molecule has 84 valence electrons. The van der Waals surface area contributed by atoms with Crippen LogP contribution in [-0.4, -0.2) is 29.1 Å². The Balaban J connectivity index is 1.69. The maximum atomic E-state index is 10.8. The van der Waals surface area contributed by atoms with Crippen molar-refractivity contribution in [3.63, 3.8) is 0 Å². The number of hydrogen-bond acceptors (Lipinski definition) is 3. The van der Waals surface area contributed by atoms with Crippen molar-refractivity contribution in [3.8, 4) is 0 Å². The second-order valence-electron chi connectivity index (χ2n) is 4.43. The average Bonchev–Trinajstić information content (AvgIpc) is 2.77. The quantitative estimate of drug-likeness (QED) is 0.834. The molecule has 1 N–H and O–H groups in total. The van der Waals surface area contributed by atoms with Crippen LogP contribution >= 0.6 is 22.6 Å². The van der Waals surface area contributed by atoms with Crippen molar-refractivity contribution in [1.29, 1.82) is 0 Å². The number of aromatic nitrogens is 1. The van der Waals surface area contributed by atoms with Gasteiger partial charge in [0.15, 0.2) is 0 Å². The summed E-state index contributed by atoms with van der Waals surface area (Å²) in [5, 5.41) is 8.92. The number of carboxylic acids is 1. The van der Waals surface area contributed by atoms with Crippen LogP contribution in [0.2, 0.25) is 0 Å². The second kappa shape index (κ2) is 3.58. The molecule has 1 saturated heterocycles. The summed E-state index contributed by atoms with van der Waals surface area (Å²) in [6.07, 6.45) is 1.84. The summed E-state index contributed by atoms with van der Waals surface area (Å²) >= 11 is 2.23. The van der Waals surface area contributed by atoms with E-state index in [4.69, 9.17) is 5.11 Å². The predicted octanol–water partition coefficient (Wildman–Crippen LogP) is 1.45. The Kier molecular flexibility index (Phi) is 2.31. The van der Waals surface area contributed by atoms with Crippen LogP contribution in [0, 0.1) is 21.3 Å². The second-order valence-corrected chi connectivity index (χ2v) is 5.68. The van der Waals surface area contributed by atoms with Gasteiger partial charge in [-0.15, -0.1) is 0 Å². The van der Waals surface area contributed by atoms with Gasteiger partial charge in [-0.2, -0.15) is 0 Å². The van der Waals surface area contributed by atoms with Crippen LogP contribution in [0.25, 0.3) is 0 Å². The first-order valence-electron chi connectivity index (χ1n) is 5.26. The lowest BCUT2D eigenvalue weighted by molar-refractivity contribution is -0.139. The van der Waals surface area contributed by atoms with E-state index < -0.39 is 5.97 Å². The highest BCUT2D eigenvalue weighted by molar-refractivity contribution is 14.1. The predicted molar refractivity (Wildman–Crippen MR) is 67.3 cm³/mol. The number of anilines is 1. The zero-order valence-corrected chi connectivity index (χ0v) is 10.7. The van der Waals surface area contributed by atoms with E-state index in [-0.39, 0.29) is 5.92 Å². The third-order valence-electron chi connectivity index (χ3n) is 3.51. The number of carbonyl (C=O) groups is 1. The van der Waals surface area contributed by atoms with E-state index >= 15 is 0 Å². The van der Waals surface area contributed by atoms with E-state index in [1.54, 1.807) is 0 Å². The normalized spacial score (nSPS) is 31.3. The Labute approximate surface area is 107 Å².